The third kappa shape index (κ3) is 3.20. The Morgan fingerprint density at radius 1 is 1.10 bits per heavy atom. The lowest BCUT2D eigenvalue weighted by Crippen LogP contribution is -2.52. The fraction of sp³-hybridized carbons (Fsp3) is 0.273. The van der Waals surface area contributed by atoms with Gasteiger partial charge >= 0.3 is 0 Å². The minimum Gasteiger partial charge on any atom is -0.451 e. The van der Waals surface area contributed by atoms with Gasteiger partial charge in [0.2, 0.25) is 0 Å². The van der Waals surface area contributed by atoms with E-state index in [1.165, 1.54) is 10.7 Å². The molecule has 1 saturated heterocycles. The van der Waals surface area contributed by atoms with Crippen LogP contribution in [0.1, 0.15) is 21.9 Å². The SMILES string of the molecule is Cc1cc(C)n(-c2ccc(=O)n(CC3CN(C(=O)c4cc5ccccc5o4)C3)n2)n1. The summed E-state index contributed by atoms with van der Waals surface area (Å²) < 4.78 is 8.85. The molecule has 0 aliphatic carbocycles. The van der Waals surface area contributed by atoms with Gasteiger partial charge in [-0.15, -0.1) is 5.10 Å². The highest BCUT2D eigenvalue weighted by Crippen LogP contribution is 2.24. The largest absolute Gasteiger partial charge is 0.451 e. The van der Waals surface area contributed by atoms with E-state index in [2.05, 4.69) is 10.2 Å². The molecule has 1 fully saturated rings. The molecular formula is C22H21N5O3. The van der Waals surface area contributed by atoms with Crippen LogP contribution in [0.25, 0.3) is 16.8 Å². The lowest BCUT2D eigenvalue weighted by atomic mass is 10.00. The second-order valence-corrected chi connectivity index (χ2v) is 7.78. The Morgan fingerprint density at radius 2 is 1.90 bits per heavy atom. The summed E-state index contributed by atoms with van der Waals surface area (Å²) in [4.78, 5) is 26.7. The number of hydrogen-bond acceptors (Lipinski definition) is 5. The summed E-state index contributed by atoms with van der Waals surface area (Å²) >= 11 is 0. The van der Waals surface area contributed by atoms with Gasteiger partial charge in [-0.2, -0.15) is 5.10 Å². The van der Waals surface area contributed by atoms with Crippen molar-refractivity contribution < 1.29 is 9.21 Å². The van der Waals surface area contributed by atoms with Crippen molar-refractivity contribution in [1.29, 1.82) is 0 Å². The van der Waals surface area contributed by atoms with Gasteiger partial charge in [0.15, 0.2) is 11.6 Å². The van der Waals surface area contributed by atoms with Crippen LogP contribution in [0.4, 0.5) is 0 Å². The average Bonchev–Trinajstić information content (AvgIpc) is 3.28. The van der Waals surface area contributed by atoms with E-state index < -0.39 is 0 Å². The van der Waals surface area contributed by atoms with Gasteiger partial charge in [0, 0.05) is 36.2 Å². The van der Waals surface area contributed by atoms with Crippen LogP contribution >= 0.6 is 0 Å². The van der Waals surface area contributed by atoms with Crippen molar-refractivity contribution in [2.45, 2.75) is 20.4 Å². The summed E-state index contributed by atoms with van der Waals surface area (Å²) in [5, 5.41) is 9.82. The van der Waals surface area contributed by atoms with E-state index in [0.717, 1.165) is 16.8 Å². The maximum absolute atomic E-state index is 12.7. The molecule has 1 aromatic carbocycles. The molecule has 0 saturated carbocycles. The minimum atomic E-state index is -0.164. The van der Waals surface area contributed by atoms with E-state index in [-0.39, 0.29) is 17.4 Å². The van der Waals surface area contributed by atoms with Crippen molar-refractivity contribution in [2.24, 2.45) is 5.92 Å². The molecule has 5 rings (SSSR count). The summed E-state index contributed by atoms with van der Waals surface area (Å²) in [6.45, 7) is 5.45. The smallest absolute Gasteiger partial charge is 0.289 e. The summed E-state index contributed by atoms with van der Waals surface area (Å²) in [5.74, 6) is 0.990. The topological polar surface area (TPSA) is 86.2 Å². The van der Waals surface area contributed by atoms with Gasteiger partial charge in [0.25, 0.3) is 11.5 Å². The zero-order valence-corrected chi connectivity index (χ0v) is 16.8. The van der Waals surface area contributed by atoms with Crippen molar-refractivity contribution in [2.75, 3.05) is 13.1 Å². The Kier molecular flexibility index (Phi) is 4.27. The van der Waals surface area contributed by atoms with Crippen LogP contribution in [-0.4, -0.2) is 43.5 Å². The van der Waals surface area contributed by atoms with Gasteiger partial charge in [-0.05, 0) is 38.1 Å². The number of para-hydroxylation sites is 1. The van der Waals surface area contributed by atoms with E-state index in [1.54, 1.807) is 21.7 Å². The molecular weight excluding hydrogens is 382 g/mol. The Bertz CT molecular complexity index is 1280. The van der Waals surface area contributed by atoms with E-state index in [0.29, 0.717) is 36.8 Å². The third-order valence-electron chi connectivity index (χ3n) is 5.39. The maximum Gasteiger partial charge on any atom is 0.289 e. The molecule has 3 aromatic heterocycles. The number of carbonyl (C=O) groups excluding carboxylic acids is 1. The lowest BCUT2D eigenvalue weighted by Gasteiger charge is -2.38. The van der Waals surface area contributed by atoms with Crippen LogP contribution in [0, 0.1) is 19.8 Å². The van der Waals surface area contributed by atoms with Gasteiger partial charge < -0.3 is 9.32 Å². The molecule has 0 N–H and O–H groups in total. The quantitative estimate of drug-likeness (QED) is 0.523. The molecule has 1 amide bonds. The summed E-state index contributed by atoms with van der Waals surface area (Å²) in [6.07, 6.45) is 0. The summed E-state index contributed by atoms with van der Waals surface area (Å²) in [5.41, 5.74) is 2.39. The highest BCUT2D eigenvalue weighted by Gasteiger charge is 2.33. The number of furan rings is 1. The zero-order valence-electron chi connectivity index (χ0n) is 16.8. The van der Waals surface area contributed by atoms with Gasteiger partial charge in [0.05, 0.1) is 12.2 Å². The van der Waals surface area contributed by atoms with Crippen molar-refractivity contribution >= 4 is 16.9 Å². The first-order chi connectivity index (χ1) is 14.5. The standard InChI is InChI=1S/C22H21N5O3/c1-14-9-15(2)27(23-14)20-7-8-21(28)26(24-20)13-16-11-25(12-16)22(29)19-10-17-5-3-4-6-18(17)30-19/h3-10,16H,11-13H2,1-2H3. The molecule has 0 unspecified atom stereocenters. The van der Waals surface area contributed by atoms with E-state index in [9.17, 15) is 9.59 Å². The number of aromatic nitrogens is 4. The molecule has 30 heavy (non-hydrogen) atoms. The average molecular weight is 403 g/mol. The Hall–Kier alpha value is -3.68. The Labute approximate surface area is 172 Å². The second-order valence-electron chi connectivity index (χ2n) is 7.78. The van der Waals surface area contributed by atoms with Crippen LogP contribution < -0.4 is 5.56 Å². The number of amides is 1. The van der Waals surface area contributed by atoms with Crippen molar-refractivity contribution in [1.82, 2.24) is 24.5 Å². The second kappa shape index (κ2) is 6.98. The Morgan fingerprint density at radius 3 is 2.63 bits per heavy atom. The fourth-order valence-electron chi connectivity index (χ4n) is 3.88. The molecule has 0 atom stereocenters. The fourth-order valence-corrected chi connectivity index (χ4v) is 3.88. The van der Waals surface area contributed by atoms with Crippen molar-refractivity contribution in [3.05, 3.63) is 76.0 Å². The monoisotopic (exact) mass is 403 g/mol. The highest BCUT2D eigenvalue weighted by atomic mass is 16.3. The van der Waals surface area contributed by atoms with Crippen LogP contribution in [0.15, 0.2) is 57.7 Å². The molecule has 0 bridgehead atoms. The lowest BCUT2D eigenvalue weighted by molar-refractivity contribution is 0.0429. The molecule has 0 radical (unpaired) electrons. The number of nitrogens with zero attached hydrogens (tertiary/aromatic N) is 5. The molecule has 0 spiro atoms. The third-order valence-corrected chi connectivity index (χ3v) is 5.39. The van der Waals surface area contributed by atoms with Gasteiger partial charge in [-0.3, -0.25) is 9.59 Å². The maximum atomic E-state index is 12.7. The molecule has 1 aliphatic rings. The van der Waals surface area contributed by atoms with E-state index >= 15 is 0 Å². The van der Waals surface area contributed by atoms with Crippen LogP contribution in [0.2, 0.25) is 0 Å². The number of fused-ring (bicyclic) bond motifs is 1. The van der Waals surface area contributed by atoms with E-state index in [1.807, 2.05) is 44.2 Å². The zero-order chi connectivity index (χ0) is 20.8. The van der Waals surface area contributed by atoms with Crippen molar-refractivity contribution in [3.63, 3.8) is 0 Å². The predicted molar refractivity (Wildman–Crippen MR) is 111 cm³/mol. The number of carbonyl (C=O) groups is 1. The molecule has 8 heteroatoms. The number of likely N-dealkylation sites (tertiary alicyclic amines) is 1. The predicted octanol–water partition coefficient (Wildman–Crippen LogP) is 2.56. The first-order valence-electron chi connectivity index (χ1n) is 9.87. The van der Waals surface area contributed by atoms with Gasteiger partial charge in [-0.1, -0.05) is 18.2 Å². The first-order valence-corrected chi connectivity index (χ1v) is 9.87. The number of benzene rings is 1. The summed E-state index contributed by atoms with van der Waals surface area (Å²) in [7, 11) is 0. The molecule has 1 aliphatic heterocycles. The van der Waals surface area contributed by atoms with Crippen LogP contribution in [0.5, 0.6) is 0 Å². The Balaban J connectivity index is 1.28. The molecule has 4 aromatic rings. The number of rotatable bonds is 4. The normalized spacial score (nSPS) is 14.3. The molecule has 8 nitrogen and oxygen atoms in total. The van der Waals surface area contributed by atoms with Crippen molar-refractivity contribution in [3.8, 4) is 5.82 Å². The highest BCUT2D eigenvalue weighted by molar-refractivity contribution is 5.96. The number of hydrogen-bond donors (Lipinski definition) is 0. The van der Waals surface area contributed by atoms with Gasteiger partial charge in [0.1, 0.15) is 5.58 Å². The first kappa shape index (κ1) is 18.4. The molecule has 4 heterocycles. The van der Waals surface area contributed by atoms with E-state index in [4.69, 9.17) is 4.42 Å². The molecule has 152 valence electrons. The van der Waals surface area contributed by atoms with Crippen LogP contribution in [-0.2, 0) is 6.54 Å². The van der Waals surface area contributed by atoms with Crippen LogP contribution in [0.3, 0.4) is 0 Å². The minimum absolute atomic E-state index is 0.126. The summed E-state index contributed by atoms with van der Waals surface area (Å²) in [6, 6.07) is 14.5. The number of aryl methyl sites for hydroxylation is 2. The van der Waals surface area contributed by atoms with Gasteiger partial charge in [-0.25, -0.2) is 9.36 Å².